The Morgan fingerprint density at radius 1 is 0.821 bits per heavy atom. The summed E-state index contributed by atoms with van der Waals surface area (Å²) in [6, 6.07) is 29.3. The van der Waals surface area contributed by atoms with Crippen LogP contribution in [0.15, 0.2) is 84.9 Å². The van der Waals surface area contributed by atoms with Gasteiger partial charge in [0.25, 0.3) is 0 Å². The van der Waals surface area contributed by atoms with Crippen LogP contribution >= 0.6 is 11.6 Å². The molecule has 2 nitrogen and oxygen atoms in total. The van der Waals surface area contributed by atoms with Crippen molar-refractivity contribution in [2.75, 3.05) is 0 Å². The van der Waals surface area contributed by atoms with Crippen molar-refractivity contribution in [3.05, 3.63) is 101 Å². The van der Waals surface area contributed by atoms with Crippen LogP contribution in [0.3, 0.4) is 0 Å². The summed E-state index contributed by atoms with van der Waals surface area (Å²) in [5.41, 5.74) is 6.75. The summed E-state index contributed by atoms with van der Waals surface area (Å²) >= 11 is 6.13. The van der Waals surface area contributed by atoms with Crippen LogP contribution in [0.25, 0.3) is 33.1 Å². The third kappa shape index (κ3) is 2.87. The van der Waals surface area contributed by atoms with Crippen molar-refractivity contribution in [1.82, 2.24) is 9.55 Å². The van der Waals surface area contributed by atoms with Crippen molar-refractivity contribution in [3.8, 4) is 11.3 Å². The zero-order valence-corrected chi connectivity index (χ0v) is 16.3. The molecule has 3 heteroatoms. The molecule has 28 heavy (non-hydrogen) atoms. The zero-order valence-electron chi connectivity index (χ0n) is 15.6. The number of pyridine rings is 1. The lowest BCUT2D eigenvalue weighted by molar-refractivity contribution is 0.867. The molecule has 0 N–H and O–H groups in total. The molecule has 0 saturated carbocycles. The quantitative estimate of drug-likeness (QED) is 0.333. The van der Waals surface area contributed by atoms with E-state index >= 15 is 0 Å². The second kappa shape index (κ2) is 6.81. The van der Waals surface area contributed by atoms with Gasteiger partial charge in [0.1, 0.15) is 0 Å². The van der Waals surface area contributed by atoms with Gasteiger partial charge in [0.05, 0.1) is 11.2 Å². The Morgan fingerprint density at radius 2 is 1.54 bits per heavy atom. The zero-order chi connectivity index (χ0) is 19.1. The van der Waals surface area contributed by atoms with Crippen molar-refractivity contribution < 1.29 is 0 Å². The molecule has 0 amide bonds. The summed E-state index contributed by atoms with van der Waals surface area (Å²) < 4.78 is 2.39. The minimum atomic E-state index is 0.734. The smallest absolute Gasteiger partial charge is 0.0948 e. The van der Waals surface area contributed by atoms with Gasteiger partial charge in [-0.2, -0.15) is 0 Å². The number of rotatable bonds is 3. The molecule has 0 aliphatic carbocycles. The van der Waals surface area contributed by atoms with Crippen molar-refractivity contribution in [3.63, 3.8) is 0 Å². The highest BCUT2D eigenvalue weighted by Gasteiger charge is 2.17. The minimum absolute atomic E-state index is 0.734. The van der Waals surface area contributed by atoms with Crippen molar-refractivity contribution in [1.29, 1.82) is 0 Å². The molecule has 0 aliphatic heterocycles. The van der Waals surface area contributed by atoms with Crippen LogP contribution in [0.1, 0.15) is 11.3 Å². The molecule has 2 aromatic heterocycles. The molecule has 0 unspecified atom stereocenters. The Balaban J connectivity index is 1.86. The maximum absolute atomic E-state index is 6.13. The highest BCUT2D eigenvalue weighted by Crippen LogP contribution is 2.36. The number of hydrogen-bond donors (Lipinski definition) is 0. The molecule has 136 valence electrons. The van der Waals surface area contributed by atoms with E-state index in [1.54, 1.807) is 0 Å². The first-order valence-electron chi connectivity index (χ1n) is 9.39. The van der Waals surface area contributed by atoms with Crippen LogP contribution < -0.4 is 0 Å². The van der Waals surface area contributed by atoms with Crippen LogP contribution in [0, 0.1) is 6.92 Å². The van der Waals surface area contributed by atoms with E-state index in [-0.39, 0.29) is 0 Å². The molecule has 5 aromatic rings. The molecule has 0 fully saturated rings. The van der Waals surface area contributed by atoms with E-state index in [0.717, 1.165) is 34.0 Å². The van der Waals surface area contributed by atoms with Gasteiger partial charge in [0.2, 0.25) is 0 Å². The van der Waals surface area contributed by atoms with Crippen molar-refractivity contribution in [2.24, 2.45) is 0 Å². The number of benzene rings is 3. The molecule has 0 saturated heterocycles. The molecule has 0 aliphatic rings. The minimum Gasteiger partial charge on any atom is -0.334 e. The van der Waals surface area contributed by atoms with E-state index in [9.17, 15) is 0 Å². The lowest BCUT2D eigenvalue weighted by Gasteiger charge is -2.12. The highest BCUT2D eigenvalue weighted by molar-refractivity contribution is 6.30. The number of hydrogen-bond acceptors (Lipinski definition) is 1. The van der Waals surface area contributed by atoms with E-state index in [4.69, 9.17) is 16.6 Å². The Kier molecular flexibility index (Phi) is 4.14. The number of nitrogens with zero attached hydrogens (tertiary/aromatic N) is 2. The number of para-hydroxylation sites is 1. The lowest BCUT2D eigenvalue weighted by atomic mass is 10.1. The highest BCUT2D eigenvalue weighted by atomic mass is 35.5. The number of aromatic nitrogens is 2. The predicted molar refractivity (Wildman–Crippen MR) is 118 cm³/mol. The topological polar surface area (TPSA) is 17.8 Å². The molecular weight excluding hydrogens is 364 g/mol. The molecule has 0 spiro atoms. The van der Waals surface area contributed by atoms with E-state index < -0.39 is 0 Å². The van der Waals surface area contributed by atoms with Gasteiger partial charge < -0.3 is 4.57 Å². The standard InChI is InChI=1S/C25H19ClN2/c1-17-15-22-21-9-5-6-10-23(21)28(16-18-7-3-2-4-8-18)25(22)24(27-17)19-11-13-20(26)14-12-19/h2-15H,16H2,1H3. The van der Waals surface area contributed by atoms with E-state index in [1.807, 2.05) is 24.3 Å². The van der Waals surface area contributed by atoms with E-state index in [2.05, 4.69) is 72.2 Å². The molecule has 0 bridgehead atoms. The van der Waals surface area contributed by atoms with Crippen LogP contribution in [0.4, 0.5) is 0 Å². The van der Waals surface area contributed by atoms with Crippen molar-refractivity contribution in [2.45, 2.75) is 13.5 Å². The lowest BCUT2D eigenvalue weighted by Crippen LogP contribution is -2.01. The fourth-order valence-electron chi connectivity index (χ4n) is 3.94. The average molecular weight is 383 g/mol. The van der Waals surface area contributed by atoms with Gasteiger partial charge in [-0.15, -0.1) is 0 Å². The molecule has 5 rings (SSSR count). The summed E-state index contributed by atoms with van der Waals surface area (Å²) in [5.74, 6) is 0. The second-order valence-electron chi connectivity index (χ2n) is 7.10. The monoisotopic (exact) mass is 382 g/mol. The van der Waals surface area contributed by atoms with Gasteiger partial charge in [-0.3, -0.25) is 4.98 Å². The summed E-state index contributed by atoms with van der Waals surface area (Å²) in [6.07, 6.45) is 0. The normalized spacial score (nSPS) is 11.4. The molecular formula is C25H19ClN2. The molecule has 2 heterocycles. The second-order valence-corrected chi connectivity index (χ2v) is 7.54. The number of halogens is 1. The van der Waals surface area contributed by atoms with Crippen LogP contribution in [0.5, 0.6) is 0 Å². The van der Waals surface area contributed by atoms with Crippen LogP contribution in [-0.2, 0) is 6.54 Å². The first kappa shape index (κ1) is 17.0. The summed E-state index contributed by atoms with van der Waals surface area (Å²) in [6.45, 7) is 2.86. The van der Waals surface area contributed by atoms with Gasteiger partial charge in [-0.25, -0.2) is 0 Å². The first-order chi connectivity index (χ1) is 13.7. The third-order valence-electron chi connectivity index (χ3n) is 5.18. The van der Waals surface area contributed by atoms with Crippen LogP contribution in [-0.4, -0.2) is 9.55 Å². The summed E-state index contributed by atoms with van der Waals surface area (Å²) in [7, 11) is 0. The van der Waals surface area contributed by atoms with E-state index in [0.29, 0.717) is 0 Å². The third-order valence-corrected chi connectivity index (χ3v) is 5.43. The molecule has 0 atom stereocenters. The SMILES string of the molecule is Cc1cc2c3ccccc3n(Cc3ccccc3)c2c(-c2ccc(Cl)cc2)n1. The fraction of sp³-hybridized carbons (Fsp3) is 0.0800. The Morgan fingerprint density at radius 3 is 2.32 bits per heavy atom. The Labute approximate surface area is 169 Å². The van der Waals surface area contributed by atoms with Gasteiger partial charge in [-0.1, -0.05) is 72.3 Å². The van der Waals surface area contributed by atoms with Gasteiger partial charge in [0, 0.05) is 39.1 Å². The number of aryl methyl sites for hydroxylation is 1. The maximum atomic E-state index is 6.13. The van der Waals surface area contributed by atoms with Crippen LogP contribution in [0.2, 0.25) is 5.02 Å². The predicted octanol–water partition coefficient (Wildman–Crippen LogP) is 6.87. The van der Waals surface area contributed by atoms with Gasteiger partial charge >= 0.3 is 0 Å². The maximum Gasteiger partial charge on any atom is 0.0948 e. The Bertz CT molecular complexity index is 1290. The van der Waals surface area contributed by atoms with E-state index in [1.165, 1.54) is 21.9 Å². The fourth-order valence-corrected chi connectivity index (χ4v) is 4.07. The molecule has 3 aromatic carbocycles. The number of fused-ring (bicyclic) bond motifs is 3. The van der Waals surface area contributed by atoms with Gasteiger partial charge in [-0.05, 0) is 36.8 Å². The average Bonchev–Trinajstić information content (AvgIpc) is 3.03. The largest absolute Gasteiger partial charge is 0.334 e. The molecule has 0 radical (unpaired) electrons. The summed E-state index contributed by atoms with van der Waals surface area (Å²) in [4.78, 5) is 4.93. The first-order valence-corrected chi connectivity index (χ1v) is 9.77. The van der Waals surface area contributed by atoms with Crippen molar-refractivity contribution >= 4 is 33.4 Å². The Hall–Kier alpha value is -3.10. The summed E-state index contributed by atoms with van der Waals surface area (Å²) in [5, 5.41) is 3.23. The van der Waals surface area contributed by atoms with Gasteiger partial charge in [0.15, 0.2) is 0 Å².